The van der Waals surface area contributed by atoms with Gasteiger partial charge in [0.05, 0.1) is 0 Å². The van der Waals surface area contributed by atoms with Crippen molar-refractivity contribution in [3.05, 3.63) is 59.1 Å². The Morgan fingerprint density at radius 3 is 2.37 bits per heavy atom. The number of aromatic nitrogens is 1. The summed E-state index contributed by atoms with van der Waals surface area (Å²) in [6.45, 7) is 4.43. The zero-order valence-corrected chi connectivity index (χ0v) is 11.8. The molecule has 3 aromatic rings. The summed E-state index contributed by atoms with van der Waals surface area (Å²) in [5.41, 5.74) is 4.84. The van der Waals surface area contributed by atoms with Gasteiger partial charge >= 0.3 is 0 Å². The molecule has 0 saturated heterocycles. The van der Waals surface area contributed by atoms with E-state index >= 15 is 0 Å². The van der Waals surface area contributed by atoms with Crippen molar-refractivity contribution < 1.29 is 0 Å². The zero-order chi connectivity index (χ0) is 13.4. The van der Waals surface area contributed by atoms with Gasteiger partial charge in [-0.15, -0.1) is 0 Å². The molecule has 0 bridgehead atoms. The summed E-state index contributed by atoms with van der Waals surface area (Å²) in [6, 6.07) is 16.7. The maximum absolute atomic E-state index is 5.92. The minimum Gasteiger partial charge on any atom is -0.355 e. The second-order valence-electron chi connectivity index (χ2n) is 5.19. The van der Waals surface area contributed by atoms with Gasteiger partial charge in [-0.1, -0.05) is 43.6 Å². The lowest BCUT2D eigenvalue weighted by Gasteiger charge is -2.03. The molecule has 0 spiro atoms. The number of H-pyrrole nitrogens is 1. The minimum atomic E-state index is 0.554. The number of hydrogen-bond donors (Lipinski definition) is 1. The highest BCUT2D eigenvalue weighted by Crippen LogP contribution is 2.27. The van der Waals surface area contributed by atoms with Gasteiger partial charge in [-0.25, -0.2) is 0 Å². The number of halogens is 1. The Labute approximate surface area is 118 Å². The number of aromatic amines is 1. The van der Waals surface area contributed by atoms with Crippen molar-refractivity contribution in [3.63, 3.8) is 0 Å². The highest BCUT2D eigenvalue weighted by atomic mass is 35.5. The standard InChI is InChI=1S/C17H16ClN/c1-11(2)13-5-8-16-14(9-13)10-17(19-16)12-3-6-15(18)7-4-12/h3-11,19H,1-2H3. The molecule has 0 unspecified atom stereocenters. The van der Waals surface area contributed by atoms with Crippen molar-refractivity contribution in [1.29, 1.82) is 0 Å². The Hall–Kier alpha value is -1.73. The largest absolute Gasteiger partial charge is 0.355 e. The number of rotatable bonds is 2. The van der Waals surface area contributed by atoms with Gasteiger partial charge in [0.25, 0.3) is 0 Å². The van der Waals surface area contributed by atoms with Crippen LogP contribution in [0.15, 0.2) is 48.5 Å². The van der Waals surface area contributed by atoms with E-state index in [1.807, 2.05) is 24.3 Å². The molecule has 0 fully saturated rings. The van der Waals surface area contributed by atoms with E-state index in [4.69, 9.17) is 11.6 Å². The molecule has 0 radical (unpaired) electrons. The molecule has 1 heterocycles. The molecular formula is C17H16ClN. The van der Waals surface area contributed by atoms with Crippen LogP contribution in [-0.4, -0.2) is 4.98 Å². The first-order chi connectivity index (χ1) is 9.13. The summed E-state index contributed by atoms with van der Waals surface area (Å²) in [6.07, 6.45) is 0. The predicted molar refractivity (Wildman–Crippen MR) is 82.8 cm³/mol. The molecule has 2 heteroatoms. The predicted octanol–water partition coefficient (Wildman–Crippen LogP) is 5.61. The summed E-state index contributed by atoms with van der Waals surface area (Å²) >= 11 is 5.92. The third-order valence-corrected chi connectivity index (χ3v) is 3.72. The summed E-state index contributed by atoms with van der Waals surface area (Å²) in [4.78, 5) is 3.45. The fourth-order valence-electron chi connectivity index (χ4n) is 2.30. The second-order valence-corrected chi connectivity index (χ2v) is 5.63. The normalized spacial score (nSPS) is 11.4. The highest BCUT2D eigenvalue weighted by Gasteiger charge is 2.05. The van der Waals surface area contributed by atoms with Gasteiger partial charge in [0.15, 0.2) is 0 Å². The molecule has 0 amide bonds. The van der Waals surface area contributed by atoms with Gasteiger partial charge in [-0.05, 0) is 47.4 Å². The molecule has 0 atom stereocenters. The van der Waals surface area contributed by atoms with Gasteiger partial charge in [-0.2, -0.15) is 0 Å². The summed E-state index contributed by atoms with van der Waals surface area (Å²) in [7, 11) is 0. The Bertz CT molecular complexity index is 708. The van der Waals surface area contributed by atoms with E-state index in [0.29, 0.717) is 5.92 Å². The number of nitrogens with one attached hydrogen (secondary N) is 1. The summed E-state index contributed by atoms with van der Waals surface area (Å²) in [5.74, 6) is 0.554. The van der Waals surface area contributed by atoms with Crippen molar-refractivity contribution in [2.75, 3.05) is 0 Å². The Morgan fingerprint density at radius 1 is 0.947 bits per heavy atom. The molecule has 19 heavy (non-hydrogen) atoms. The van der Waals surface area contributed by atoms with E-state index in [0.717, 1.165) is 16.3 Å². The van der Waals surface area contributed by atoms with Crippen LogP contribution in [0, 0.1) is 0 Å². The van der Waals surface area contributed by atoms with E-state index in [-0.39, 0.29) is 0 Å². The highest BCUT2D eigenvalue weighted by molar-refractivity contribution is 6.30. The maximum atomic E-state index is 5.92. The Kier molecular flexibility index (Phi) is 3.08. The second kappa shape index (κ2) is 4.75. The monoisotopic (exact) mass is 269 g/mol. The maximum Gasteiger partial charge on any atom is 0.0464 e. The quantitative estimate of drug-likeness (QED) is 0.622. The molecule has 0 aliphatic rings. The van der Waals surface area contributed by atoms with Crippen LogP contribution < -0.4 is 0 Å². The topological polar surface area (TPSA) is 15.8 Å². The lowest BCUT2D eigenvalue weighted by molar-refractivity contribution is 0.869. The van der Waals surface area contributed by atoms with Crippen molar-refractivity contribution in [2.24, 2.45) is 0 Å². The number of fused-ring (bicyclic) bond motifs is 1. The average molecular weight is 270 g/mol. The van der Waals surface area contributed by atoms with Crippen LogP contribution in [0.2, 0.25) is 5.02 Å². The van der Waals surface area contributed by atoms with Gasteiger partial charge < -0.3 is 4.98 Å². The van der Waals surface area contributed by atoms with E-state index in [1.165, 1.54) is 16.5 Å². The summed E-state index contributed by atoms with van der Waals surface area (Å²) in [5, 5.41) is 2.03. The van der Waals surface area contributed by atoms with Crippen LogP contribution in [0.4, 0.5) is 0 Å². The van der Waals surface area contributed by atoms with E-state index in [1.54, 1.807) is 0 Å². The summed E-state index contributed by atoms with van der Waals surface area (Å²) < 4.78 is 0. The molecule has 1 aromatic heterocycles. The fraction of sp³-hybridized carbons (Fsp3) is 0.176. The molecule has 3 rings (SSSR count). The Morgan fingerprint density at radius 2 is 1.68 bits per heavy atom. The minimum absolute atomic E-state index is 0.554. The first-order valence-corrected chi connectivity index (χ1v) is 6.90. The zero-order valence-electron chi connectivity index (χ0n) is 11.1. The lowest BCUT2D eigenvalue weighted by atomic mass is 10.0. The van der Waals surface area contributed by atoms with Crippen LogP contribution in [0.5, 0.6) is 0 Å². The van der Waals surface area contributed by atoms with E-state index in [9.17, 15) is 0 Å². The van der Waals surface area contributed by atoms with Crippen LogP contribution in [0.3, 0.4) is 0 Å². The third-order valence-electron chi connectivity index (χ3n) is 3.47. The molecule has 0 saturated carbocycles. The smallest absolute Gasteiger partial charge is 0.0464 e. The van der Waals surface area contributed by atoms with Gasteiger partial charge in [0, 0.05) is 21.6 Å². The Balaban J connectivity index is 2.08. The SMILES string of the molecule is CC(C)c1ccc2[nH]c(-c3ccc(Cl)cc3)cc2c1. The first-order valence-electron chi connectivity index (χ1n) is 6.52. The fourth-order valence-corrected chi connectivity index (χ4v) is 2.42. The van der Waals surface area contributed by atoms with Crippen molar-refractivity contribution in [1.82, 2.24) is 4.98 Å². The van der Waals surface area contributed by atoms with Crippen LogP contribution >= 0.6 is 11.6 Å². The first kappa shape index (κ1) is 12.3. The lowest BCUT2D eigenvalue weighted by Crippen LogP contribution is -1.85. The third kappa shape index (κ3) is 2.39. The van der Waals surface area contributed by atoms with Crippen LogP contribution in [-0.2, 0) is 0 Å². The van der Waals surface area contributed by atoms with Gasteiger partial charge in [0.2, 0.25) is 0 Å². The van der Waals surface area contributed by atoms with Gasteiger partial charge in [0.1, 0.15) is 0 Å². The molecule has 1 N–H and O–H groups in total. The van der Waals surface area contributed by atoms with Crippen molar-refractivity contribution in [2.45, 2.75) is 19.8 Å². The average Bonchev–Trinajstić information content (AvgIpc) is 2.82. The molecular weight excluding hydrogens is 254 g/mol. The molecule has 96 valence electrons. The van der Waals surface area contributed by atoms with Crippen LogP contribution in [0.25, 0.3) is 22.2 Å². The van der Waals surface area contributed by atoms with E-state index < -0.39 is 0 Å². The van der Waals surface area contributed by atoms with Crippen molar-refractivity contribution >= 4 is 22.5 Å². The van der Waals surface area contributed by atoms with E-state index in [2.05, 4.69) is 43.1 Å². The molecule has 1 nitrogen and oxygen atoms in total. The number of benzene rings is 2. The molecule has 0 aliphatic heterocycles. The van der Waals surface area contributed by atoms with Gasteiger partial charge in [-0.3, -0.25) is 0 Å². The molecule has 2 aromatic carbocycles. The molecule has 0 aliphatic carbocycles. The van der Waals surface area contributed by atoms with Crippen molar-refractivity contribution in [3.8, 4) is 11.3 Å². The number of hydrogen-bond acceptors (Lipinski definition) is 0. The van der Waals surface area contributed by atoms with Crippen LogP contribution in [0.1, 0.15) is 25.3 Å².